The first-order valence-corrected chi connectivity index (χ1v) is 13.0. The van der Waals surface area contributed by atoms with Crippen LogP contribution in [0.2, 0.25) is 0 Å². The highest BCUT2D eigenvalue weighted by molar-refractivity contribution is 4.97. The topological polar surface area (TPSA) is 6.48 Å². The third kappa shape index (κ3) is 12.0. The van der Waals surface area contributed by atoms with Crippen LogP contribution >= 0.6 is 0 Å². The summed E-state index contributed by atoms with van der Waals surface area (Å²) in [7, 11) is 0. The summed E-state index contributed by atoms with van der Waals surface area (Å²) < 4.78 is 0. The van der Waals surface area contributed by atoms with Crippen molar-refractivity contribution in [2.24, 2.45) is 0 Å². The van der Waals surface area contributed by atoms with E-state index in [-0.39, 0.29) is 0 Å². The number of hydrogen-bond donors (Lipinski definition) is 0. The first-order chi connectivity index (χ1) is 13.8. The van der Waals surface area contributed by atoms with Crippen LogP contribution in [0.3, 0.4) is 0 Å². The lowest BCUT2D eigenvalue weighted by atomic mass is 10.1. The molecule has 1 rings (SSSR count). The molecule has 0 saturated heterocycles. The lowest BCUT2D eigenvalue weighted by Crippen LogP contribution is -2.39. The van der Waals surface area contributed by atoms with Gasteiger partial charge in [-0.15, -0.1) is 0 Å². The van der Waals surface area contributed by atoms with Crippen molar-refractivity contribution in [1.29, 1.82) is 0 Å². The zero-order chi connectivity index (χ0) is 20.3. The van der Waals surface area contributed by atoms with Crippen LogP contribution in [-0.4, -0.2) is 29.1 Å². The van der Waals surface area contributed by atoms with Crippen molar-refractivity contribution < 1.29 is 0 Å². The van der Waals surface area contributed by atoms with Gasteiger partial charge in [0, 0.05) is 25.5 Å². The maximum absolute atomic E-state index is 2.66. The second kappa shape index (κ2) is 18.4. The van der Waals surface area contributed by atoms with Crippen molar-refractivity contribution in [1.82, 2.24) is 9.80 Å². The quantitative estimate of drug-likeness (QED) is 0.192. The SMILES string of the molecule is CCCCCCCCN1C=CN(CCCCCCCC)C1CCCCCCC. The van der Waals surface area contributed by atoms with Gasteiger partial charge in [-0.2, -0.15) is 0 Å². The maximum Gasteiger partial charge on any atom is 0.101 e. The molecule has 2 heteroatoms. The van der Waals surface area contributed by atoms with Crippen LogP contribution in [0.4, 0.5) is 0 Å². The highest BCUT2D eigenvalue weighted by atomic mass is 15.4. The maximum atomic E-state index is 2.66. The Kier molecular flexibility index (Phi) is 16.7. The third-order valence-corrected chi connectivity index (χ3v) is 6.32. The third-order valence-electron chi connectivity index (χ3n) is 6.32. The van der Waals surface area contributed by atoms with E-state index in [1.54, 1.807) is 0 Å². The van der Waals surface area contributed by atoms with E-state index in [9.17, 15) is 0 Å². The second-order valence-corrected chi connectivity index (χ2v) is 8.99. The first-order valence-electron chi connectivity index (χ1n) is 13.0. The summed E-state index contributed by atoms with van der Waals surface area (Å²) in [5.74, 6) is 0. The number of unbranched alkanes of at least 4 members (excludes halogenated alkanes) is 14. The van der Waals surface area contributed by atoms with Crippen LogP contribution in [0, 0.1) is 0 Å². The molecule has 0 aromatic carbocycles. The van der Waals surface area contributed by atoms with Crippen molar-refractivity contribution in [3.63, 3.8) is 0 Å². The Bertz CT molecular complexity index is 326. The summed E-state index contributed by atoms with van der Waals surface area (Å²) in [4.78, 5) is 5.33. The average molecular weight is 393 g/mol. The van der Waals surface area contributed by atoms with Crippen LogP contribution < -0.4 is 0 Å². The molecule has 0 aromatic rings. The Labute approximate surface area is 178 Å². The molecule has 0 spiro atoms. The van der Waals surface area contributed by atoms with Gasteiger partial charge in [0.1, 0.15) is 6.17 Å². The van der Waals surface area contributed by atoms with Gasteiger partial charge in [0.15, 0.2) is 0 Å². The van der Waals surface area contributed by atoms with Gasteiger partial charge in [0.25, 0.3) is 0 Å². The minimum atomic E-state index is 0.646. The van der Waals surface area contributed by atoms with E-state index in [0.717, 1.165) is 0 Å². The lowest BCUT2D eigenvalue weighted by molar-refractivity contribution is 0.135. The predicted molar refractivity (Wildman–Crippen MR) is 126 cm³/mol. The van der Waals surface area contributed by atoms with Crippen molar-refractivity contribution in [2.75, 3.05) is 13.1 Å². The van der Waals surface area contributed by atoms with E-state index in [4.69, 9.17) is 0 Å². The highest BCUT2D eigenvalue weighted by Gasteiger charge is 2.24. The number of nitrogens with zero attached hydrogens (tertiary/aromatic N) is 2. The van der Waals surface area contributed by atoms with Gasteiger partial charge < -0.3 is 9.80 Å². The van der Waals surface area contributed by atoms with Crippen molar-refractivity contribution >= 4 is 0 Å². The van der Waals surface area contributed by atoms with Gasteiger partial charge in [-0.3, -0.25) is 0 Å². The Morgan fingerprint density at radius 2 is 0.821 bits per heavy atom. The zero-order valence-electron chi connectivity index (χ0n) is 19.8. The summed E-state index contributed by atoms with van der Waals surface area (Å²) in [5.41, 5.74) is 0. The fourth-order valence-electron chi connectivity index (χ4n) is 4.42. The van der Waals surface area contributed by atoms with Gasteiger partial charge >= 0.3 is 0 Å². The van der Waals surface area contributed by atoms with E-state index in [0.29, 0.717) is 6.17 Å². The number of hydrogen-bond acceptors (Lipinski definition) is 2. The fraction of sp³-hybridized carbons (Fsp3) is 0.923. The standard InChI is InChI=1S/C26H52N2/c1-4-7-10-13-16-19-22-27-24-25-28(23-20-17-14-11-8-5-2)26(27)21-18-15-12-9-6-3/h24-26H,4-23H2,1-3H3. The minimum Gasteiger partial charge on any atom is -0.356 e. The van der Waals surface area contributed by atoms with Gasteiger partial charge in [-0.25, -0.2) is 0 Å². The molecule has 0 amide bonds. The smallest absolute Gasteiger partial charge is 0.101 e. The van der Waals surface area contributed by atoms with E-state index >= 15 is 0 Å². The van der Waals surface area contributed by atoms with Gasteiger partial charge in [0.2, 0.25) is 0 Å². The molecule has 0 atom stereocenters. The molecule has 0 aromatic heterocycles. The highest BCUT2D eigenvalue weighted by Crippen LogP contribution is 2.23. The summed E-state index contributed by atoms with van der Waals surface area (Å²) in [6.07, 6.45) is 30.6. The van der Waals surface area contributed by atoms with Crippen molar-refractivity contribution in [2.45, 2.75) is 143 Å². The molecule has 1 aliphatic rings. The summed E-state index contributed by atoms with van der Waals surface area (Å²) in [6.45, 7) is 9.44. The molecule has 0 aliphatic carbocycles. The van der Waals surface area contributed by atoms with E-state index in [2.05, 4.69) is 43.0 Å². The summed E-state index contributed by atoms with van der Waals surface area (Å²) >= 11 is 0. The monoisotopic (exact) mass is 392 g/mol. The Hall–Kier alpha value is -0.660. The second-order valence-electron chi connectivity index (χ2n) is 8.99. The molecule has 1 aliphatic heterocycles. The lowest BCUT2D eigenvalue weighted by Gasteiger charge is -2.33. The zero-order valence-corrected chi connectivity index (χ0v) is 19.8. The Morgan fingerprint density at radius 1 is 0.464 bits per heavy atom. The molecule has 28 heavy (non-hydrogen) atoms. The molecule has 1 heterocycles. The molecule has 0 fully saturated rings. The van der Waals surface area contributed by atoms with Crippen molar-refractivity contribution in [3.05, 3.63) is 12.4 Å². The minimum absolute atomic E-state index is 0.646. The van der Waals surface area contributed by atoms with Crippen LogP contribution in [0.15, 0.2) is 12.4 Å². The van der Waals surface area contributed by atoms with Crippen molar-refractivity contribution in [3.8, 4) is 0 Å². The van der Waals surface area contributed by atoms with Gasteiger partial charge in [0.05, 0.1) is 0 Å². The normalized spacial score (nSPS) is 14.5. The largest absolute Gasteiger partial charge is 0.356 e. The molecule has 0 N–H and O–H groups in total. The molecule has 0 saturated carbocycles. The van der Waals surface area contributed by atoms with Crippen LogP contribution in [0.25, 0.3) is 0 Å². The molecule has 0 unspecified atom stereocenters. The molecule has 0 bridgehead atoms. The first kappa shape index (κ1) is 25.4. The van der Waals surface area contributed by atoms with E-state index < -0.39 is 0 Å². The molecule has 0 radical (unpaired) electrons. The van der Waals surface area contributed by atoms with E-state index in [1.807, 2.05) is 0 Å². The summed E-state index contributed by atoms with van der Waals surface area (Å²) in [5, 5.41) is 0. The Balaban J connectivity index is 2.31. The number of rotatable bonds is 20. The van der Waals surface area contributed by atoms with Crippen LogP contribution in [0.1, 0.15) is 136 Å². The van der Waals surface area contributed by atoms with Crippen LogP contribution in [-0.2, 0) is 0 Å². The molecular weight excluding hydrogens is 340 g/mol. The van der Waals surface area contributed by atoms with Gasteiger partial charge in [-0.1, -0.05) is 111 Å². The summed E-state index contributed by atoms with van der Waals surface area (Å²) in [6, 6.07) is 0. The fourth-order valence-corrected chi connectivity index (χ4v) is 4.42. The molecular formula is C26H52N2. The van der Waals surface area contributed by atoms with E-state index in [1.165, 1.54) is 129 Å². The molecule has 166 valence electrons. The molecule has 2 nitrogen and oxygen atoms in total. The predicted octanol–water partition coefficient (Wildman–Crippen LogP) is 8.48. The van der Waals surface area contributed by atoms with Crippen LogP contribution in [0.5, 0.6) is 0 Å². The Morgan fingerprint density at radius 3 is 1.25 bits per heavy atom. The average Bonchev–Trinajstić information content (AvgIpc) is 3.09. The van der Waals surface area contributed by atoms with Gasteiger partial charge in [-0.05, 0) is 25.7 Å².